The topological polar surface area (TPSA) is 38.3 Å². The minimum atomic E-state index is 0.0611. The first-order valence-corrected chi connectivity index (χ1v) is 4.87. The number of rotatable bonds is 3. The predicted octanol–water partition coefficient (Wildman–Crippen LogP) is 2.56. The average Bonchev–Trinajstić information content (AvgIpc) is 2.17. The summed E-state index contributed by atoms with van der Waals surface area (Å²) in [6.45, 7) is 6.37. The lowest BCUT2D eigenvalue weighted by atomic mass is 9.87. The molecule has 0 unspecified atom stereocenters. The van der Waals surface area contributed by atoms with Gasteiger partial charge in [-0.2, -0.15) is 0 Å². The third kappa shape index (κ3) is 2.72. The van der Waals surface area contributed by atoms with E-state index in [1.165, 1.54) is 0 Å². The molecule has 1 aromatic carbocycles. The van der Waals surface area contributed by atoms with Crippen LogP contribution in [0, 0.1) is 0 Å². The van der Waals surface area contributed by atoms with Crippen molar-refractivity contribution in [1.29, 1.82) is 0 Å². The number of ether oxygens (including phenoxy) is 1. The van der Waals surface area contributed by atoms with Gasteiger partial charge in [0.2, 0.25) is 6.41 Å². The van der Waals surface area contributed by atoms with Crippen LogP contribution in [0.1, 0.15) is 26.3 Å². The van der Waals surface area contributed by atoms with E-state index in [0.29, 0.717) is 17.8 Å². The van der Waals surface area contributed by atoms with Gasteiger partial charge in [0.1, 0.15) is 5.75 Å². The molecule has 0 bridgehead atoms. The first kappa shape index (κ1) is 11.6. The number of carbonyl (C=O) groups excluding carboxylic acids is 1. The summed E-state index contributed by atoms with van der Waals surface area (Å²) in [7, 11) is 1.59. The normalized spacial score (nSPS) is 10.9. The fourth-order valence-corrected chi connectivity index (χ4v) is 1.35. The van der Waals surface area contributed by atoms with Gasteiger partial charge in [-0.05, 0) is 23.1 Å². The van der Waals surface area contributed by atoms with E-state index >= 15 is 0 Å². The number of benzene rings is 1. The quantitative estimate of drug-likeness (QED) is 0.773. The minimum absolute atomic E-state index is 0.0611. The molecular weight excluding hydrogens is 190 g/mol. The fraction of sp³-hybridized carbons (Fsp3) is 0.417. The zero-order valence-electron chi connectivity index (χ0n) is 9.63. The van der Waals surface area contributed by atoms with Crippen molar-refractivity contribution in [3.8, 4) is 5.75 Å². The Bertz CT molecular complexity index is 353. The summed E-state index contributed by atoms with van der Waals surface area (Å²) < 4.78 is 5.14. The molecule has 0 aliphatic heterocycles. The highest BCUT2D eigenvalue weighted by Gasteiger charge is 2.15. The van der Waals surface area contributed by atoms with Crippen molar-refractivity contribution in [3.05, 3.63) is 23.8 Å². The molecule has 0 radical (unpaired) electrons. The molecule has 0 atom stereocenters. The van der Waals surface area contributed by atoms with E-state index in [2.05, 4.69) is 26.1 Å². The van der Waals surface area contributed by atoms with Crippen LogP contribution in [-0.2, 0) is 10.2 Å². The van der Waals surface area contributed by atoms with E-state index in [0.717, 1.165) is 5.56 Å². The van der Waals surface area contributed by atoms with Crippen LogP contribution in [0.2, 0.25) is 0 Å². The van der Waals surface area contributed by atoms with Gasteiger partial charge in [0.05, 0.1) is 12.8 Å². The number of nitrogens with one attached hydrogen (secondary N) is 1. The van der Waals surface area contributed by atoms with Crippen molar-refractivity contribution in [2.75, 3.05) is 12.4 Å². The summed E-state index contributed by atoms with van der Waals surface area (Å²) >= 11 is 0. The fourth-order valence-electron chi connectivity index (χ4n) is 1.35. The van der Waals surface area contributed by atoms with Crippen LogP contribution < -0.4 is 10.1 Å². The monoisotopic (exact) mass is 207 g/mol. The SMILES string of the molecule is COc1ccc(C(C)(C)C)cc1NC=O. The smallest absolute Gasteiger partial charge is 0.211 e. The summed E-state index contributed by atoms with van der Waals surface area (Å²) in [5, 5.41) is 2.63. The van der Waals surface area contributed by atoms with Gasteiger partial charge in [-0.15, -0.1) is 0 Å². The highest BCUT2D eigenvalue weighted by molar-refractivity contribution is 5.76. The number of hydrogen-bond donors (Lipinski definition) is 1. The summed E-state index contributed by atoms with van der Waals surface area (Å²) in [5.41, 5.74) is 1.93. The zero-order chi connectivity index (χ0) is 11.5. The lowest BCUT2D eigenvalue weighted by molar-refractivity contribution is -0.105. The Morgan fingerprint density at radius 3 is 2.47 bits per heavy atom. The molecule has 0 saturated carbocycles. The Balaban J connectivity index is 3.15. The highest BCUT2D eigenvalue weighted by atomic mass is 16.5. The van der Waals surface area contributed by atoms with Crippen LogP contribution in [0.15, 0.2) is 18.2 Å². The summed E-state index contributed by atoms with van der Waals surface area (Å²) in [4.78, 5) is 10.4. The molecule has 1 aromatic rings. The molecule has 1 amide bonds. The molecule has 1 rings (SSSR count). The van der Waals surface area contributed by atoms with Gasteiger partial charge in [-0.1, -0.05) is 26.8 Å². The molecule has 0 saturated heterocycles. The predicted molar refractivity (Wildman–Crippen MR) is 61.4 cm³/mol. The van der Waals surface area contributed by atoms with Crippen molar-refractivity contribution in [1.82, 2.24) is 0 Å². The summed E-state index contributed by atoms with van der Waals surface area (Å²) in [5.74, 6) is 0.676. The molecule has 82 valence electrons. The number of hydrogen-bond acceptors (Lipinski definition) is 2. The lowest BCUT2D eigenvalue weighted by Gasteiger charge is -2.20. The Morgan fingerprint density at radius 1 is 1.33 bits per heavy atom. The number of anilines is 1. The summed E-state index contributed by atoms with van der Waals surface area (Å²) in [6, 6.07) is 5.81. The van der Waals surface area contributed by atoms with Crippen LogP contribution >= 0.6 is 0 Å². The van der Waals surface area contributed by atoms with E-state index in [-0.39, 0.29) is 5.41 Å². The first-order valence-electron chi connectivity index (χ1n) is 4.87. The molecule has 3 heteroatoms. The van der Waals surface area contributed by atoms with E-state index in [1.54, 1.807) is 7.11 Å². The Kier molecular flexibility index (Phi) is 3.35. The Hall–Kier alpha value is -1.51. The Morgan fingerprint density at radius 2 is 2.00 bits per heavy atom. The van der Waals surface area contributed by atoms with Crippen LogP contribution in [0.5, 0.6) is 5.75 Å². The van der Waals surface area contributed by atoms with E-state index in [1.807, 2.05) is 18.2 Å². The van der Waals surface area contributed by atoms with Gasteiger partial charge in [0, 0.05) is 0 Å². The number of carbonyl (C=O) groups is 1. The van der Waals surface area contributed by atoms with Gasteiger partial charge < -0.3 is 10.1 Å². The molecule has 15 heavy (non-hydrogen) atoms. The largest absolute Gasteiger partial charge is 0.495 e. The van der Waals surface area contributed by atoms with E-state index < -0.39 is 0 Å². The first-order chi connectivity index (χ1) is 6.99. The van der Waals surface area contributed by atoms with Crippen molar-refractivity contribution in [3.63, 3.8) is 0 Å². The molecule has 0 spiro atoms. The van der Waals surface area contributed by atoms with Crippen LogP contribution in [0.3, 0.4) is 0 Å². The second kappa shape index (κ2) is 4.34. The Labute approximate surface area is 90.4 Å². The van der Waals surface area contributed by atoms with Crippen molar-refractivity contribution in [2.45, 2.75) is 26.2 Å². The second-order valence-electron chi connectivity index (χ2n) is 4.43. The average molecular weight is 207 g/mol. The molecule has 0 aliphatic rings. The maximum atomic E-state index is 10.4. The maximum absolute atomic E-state index is 10.4. The van der Waals surface area contributed by atoms with Gasteiger partial charge in [-0.3, -0.25) is 4.79 Å². The summed E-state index contributed by atoms with van der Waals surface area (Å²) in [6.07, 6.45) is 0.657. The zero-order valence-corrected chi connectivity index (χ0v) is 9.63. The lowest BCUT2D eigenvalue weighted by Crippen LogP contribution is -2.11. The van der Waals surface area contributed by atoms with E-state index in [4.69, 9.17) is 4.74 Å². The third-order valence-corrected chi connectivity index (χ3v) is 2.28. The number of amides is 1. The van der Waals surface area contributed by atoms with Gasteiger partial charge >= 0.3 is 0 Å². The highest BCUT2D eigenvalue weighted by Crippen LogP contribution is 2.30. The van der Waals surface area contributed by atoms with Gasteiger partial charge in [0.15, 0.2) is 0 Å². The minimum Gasteiger partial charge on any atom is -0.495 e. The van der Waals surface area contributed by atoms with E-state index in [9.17, 15) is 4.79 Å². The molecule has 0 fully saturated rings. The van der Waals surface area contributed by atoms with Crippen molar-refractivity contribution >= 4 is 12.1 Å². The standard InChI is InChI=1S/C12H17NO2/c1-12(2,3)9-5-6-11(15-4)10(7-9)13-8-14/h5-8H,1-4H3,(H,13,14). The van der Waals surface area contributed by atoms with Gasteiger partial charge in [-0.25, -0.2) is 0 Å². The van der Waals surface area contributed by atoms with Crippen LogP contribution in [0.25, 0.3) is 0 Å². The molecule has 3 nitrogen and oxygen atoms in total. The van der Waals surface area contributed by atoms with Crippen LogP contribution in [-0.4, -0.2) is 13.5 Å². The molecule has 0 aromatic heterocycles. The van der Waals surface area contributed by atoms with Crippen molar-refractivity contribution in [2.24, 2.45) is 0 Å². The maximum Gasteiger partial charge on any atom is 0.211 e. The second-order valence-corrected chi connectivity index (χ2v) is 4.43. The van der Waals surface area contributed by atoms with Crippen LogP contribution in [0.4, 0.5) is 5.69 Å². The molecule has 1 N–H and O–H groups in total. The van der Waals surface area contributed by atoms with Gasteiger partial charge in [0.25, 0.3) is 0 Å². The number of methoxy groups -OCH3 is 1. The molecular formula is C12H17NO2. The molecule has 0 heterocycles. The van der Waals surface area contributed by atoms with Crippen molar-refractivity contribution < 1.29 is 9.53 Å². The third-order valence-electron chi connectivity index (χ3n) is 2.28. The molecule has 0 aliphatic carbocycles.